The number of hydrogen-bond acceptors (Lipinski definition) is 4. The number of aliphatic hydroxyl groups is 1. The van der Waals surface area contributed by atoms with Gasteiger partial charge in [-0.05, 0) is 66.4 Å². The molecule has 0 amide bonds. The van der Waals surface area contributed by atoms with E-state index in [0.717, 1.165) is 34.0 Å². The fraction of sp³-hybridized carbons (Fsp3) is 0.400. The van der Waals surface area contributed by atoms with E-state index in [1.807, 2.05) is 19.1 Å². The Morgan fingerprint density at radius 3 is 2.56 bits per heavy atom. The second-order valence-corrected chi connectivity index (χ2v) is 9.78. The molecule has 0 saturated heterocycles. The van der Waals surface area contributed by atoms with Crippen LogP contribution in [-0.4, -0.2) is 26.7 Å². The first-order valence-corrected chi connectivity index (χ1v) is 11.8. The zero-order valence-electron chi connectivity index (χ0n) is 17.9. The normalized spacial score (nSPS) is 29.5. The van der Waals surface area contributed by atoms with E-state index in [-0.39, 0.29) is 17.0 Å². The maximum Gasteiger partial charge on any atom is 0.311 e. The van der Waals surface area contributed by atoms with Gasteiger partial charge in [-0.15, -0.1) is 0 Å². The van der Waals surface area contributed by atoms with Crippen LogP contribution in [0, 0.1) is 22.5 Å². The summed E-state index contributed by atoms with van der Waals surface area (Å²) in [7, 11) is 0. The minimum absolute atomic E-state index is 0.134. The topological polar surface area (TPSA) is 101 Å². The maximum absolute atomic E-state index is 12.1. The number of fused-ring (bicyclic) bond motifs is 3. The Morgan fingerprint density at radius 1 is 1.28 bits per heavy atom. The van der Waals surface area contributed by atoms with Gasteiger partial charge < -0.3 is 10.2 Å². The molecule has 0 aromatic heterocycles. The van der Waals surface area contributed by atoms with Crippen molar-refractivity contribution < 1.29 is 19.9 Å². The van der Waals surface area contributed by atoms with Gasteiger partial charge in [0.25, 0.3) is 5.69 Å². The number of carboxylic acid groups (broad SMARTS) is 1. The predicted molar refractivity (Wildman–Crippen MR) is 125 cm³/mol. The Morgan fingerprint density at radius 2 is 1.97 bits per heavy atom. The maximum atomic E-state index is 12.1. The summed E-state index contributed by atoms with van der Waals surface area (Å²) in [5.74, 6) is -1.02. The van der Waals surface area contributed by atoms with Crippen LogP contribution in [0.1, 0.15) is 59.8 Å². The van der Waals surface area contributed by atoms with Crippen molar-refractivity contribution in [3.63, 3.8) is 0 Å². The summed E-state index contributed by atoms with van der Waals surface area (Å²) in [4.78, 5) is 21.8. The Kier molecular flexibility index (Phi) is 5.75. The molecule has 1 spiro atoms. The summed E-state index contributed by atoms with van der Waals surface area (Å²) in [5, 5.41) is 31.6. The number of benzene rings is 2. The minimum Gasteiger partial charge on any atom is -0.481 e. The van der Waals surface area contributed by atoms with Crippen LogP contribution in [0.25, 0.3) is 0 Å². The molecule has 0 heterocycles. The van der Waals surface area contributed by atoms with Crippen molar-refractivity contribution in [2.45, 2.75) is 55.4 Å². The smallest absolute Gasteiger partial charge is 0.311 e. The highest BCUT2D eigenvalue weighted by molar-refractivity contribution is 9.08. The van der Waals surface area contributed by atoms with Crippen LogP contribution in [0.5, 0.6) is 0 Å². The molecule has 0 radical (unpaired) electrons. The van der Waals surface area contributed by atoms with E-state index in [2.05, 4.69) is 28.6 Å². The summed E-state index contributed by atoms with van der Waals surface area (Å²) in [6, 6.07) is 12.6. The zero-order valence-corrected chi connectivity index (χ0v) is 19.5. The van der Waals surface area contributed by atoms with Crippen LogP contribution < -0.4 is 0 Å². The molecule has 2 fully saturated rings. The minimum atomic E-state index is -0.847. The molecule has 3 aliphatic rings. The molecule has 2 aromatic rings. The SMILES string of the molecule is C=C1C[C@]23C[C@@]1(O)CC[C@H]2c1cccc(C)c1[C@@H]3C(=O)O.O=[N+]([O-])c1ccc(CBr)cc1. The van der Waals surface area contributed by atoms with Gasteiger partial charge in [-0.25, -0.2) is 0 Å². The summed E-state index contributed by atoms with van der Waals surface area (Å²) in [6.07, 6.45) is 2.75. The molecular weight excluding hydrogens is 474 g/mol. The number of aliphatic carboxylic acids is 1. The van der Waals surface area contributed by atoms with Crippen LogP contribution in [0.4, 0.5) is 5.69 Å². The second-order valence-electron chi connectivity index (χ2n) is 9.22. The van der Waals surface area contributed by atoms with Crippen molar-refractivity contribution in [1.29, 1.82) is 0 Å². The Bertz CT molecular complexity index is 1100. The number of nitro groups is 1. The molecule has 2 saturated carbocycles. The van der Waals surface area contributed by atoms with Gasteiger partial charge in [-0.3, -0.25) is 14.9 Å². The largest absolute Gasteiger partial charge is 0.481 e. The highest BCUT2D eigenvalue weighted by Crippen LogP contribution is 2.71. The zero-order chi connectivity index (χ0) is 23.3. The molecule has 4 atom stereocenters. The second kappa shape index (κ2) is 8.12. The first kappa shape index (κ1) is 22.7. The molecule has 32 heavy (non-hydrogen) atoms. The summed E-state index contributed by atoms with van der Waals surface area (Å²) >= 11 is 3.25. The van der Waals surface area contributed by atoms with E-state index in [4.69, 9.17) is 0 Å². The molecule has 3 aliphatic carbocycles. The third kappa shape index (κ3) is 3.48. The van der Waals surface area contributed by atoms with Crippen LogP contribution in [-0.2, 0) is 10.1 Å². The van der Waals surface area contributed by atoms with Crippen molar-refractivity contribution >= 4 is 27.6 Å². The molecule has 6 nitrogen and oxygen atoms in total. The van der Waals surface area contributed by atoms with Crippen molar-refractivity contribution in [3.05, 3.63) is 87.0 Å². The first-order valence-electron chi connectivity index (χ1n) is 10.6. The Labute approximate surface area is 195 Å². The Balaban J connectivity index is 0.000000189. The number of hydrogen-bond donors (Lipinski definition) is 2. The van der Waals surface area contributed by atoms with E-state index in [1.165, 1.54) is 17.7 Å². The van der Waals surface area contributed by atoms with Crippen molar-refractivity contribution in [3.8, 4) is 0 Å². The number of non-ortho nitro benzene ring substituents is 1. The van der Waals surface area contributed by atoms with Gasteiger partial charge in [0.15, 0.2) is 0 Å². The van der Waals surface area contributed by atoms with Gasteiger partial charge in [-0.2, -0.15) is 0 Å². The van der Waals surface area contributed by atoms with E-state index in [0.29, 0.717) is 19.3 Å². The van der Waals surface area contributed by atoms with Crippen LogP contribution in [0.3, 0.4) is 0 Å². The lowest BCUT2D eigenvalue weighted by Gasteiger charge is -2.41. The van der Waals surface area contributed by atoms with E-state index < -0.39 is 22.4 Å². The van der Waals surface area contributed by atoms with Crippen LogP contribution >= 0.6 is 15.9 Å². The lowest BCUT2D eigenvalue weighted by Crippen LogP contribution is -2.39. The van der Waals surface area contributed by atoms with Gasteiger partial charge in [0.2, 0.25) is 0 Å². The third-order valence-corrected chi connectivity index (χ3v) is 8.16. The molecular formula is C25H26BrNO5. The lowest BCUT2D eigenvalue weighted by atomic mass is 9.63. The molecule has 7 heteroatoms. The number of nitrogens with zero attached hydrogens (tertiary/aromatic N) is 1. The summed E-state index contributed by atoms with van der Waals surface area (Å²) < 4.78 is 0. The fourth-order valence-corrected chi connectivity index (χ4v) is 6.49. The monoisotopic (exact) mass is 499 g/mol. The summed E-state index contributed by atoms with van der Waals surface area (Å²) in [6.45, 7) is 6.06. The van der Waals surface area contributed by atoms with Gasteiger partial charge in [0.1, 0.15) is 0 Å². The summed E-state index contributed by atoms with van der Waals surface area (Å²) in [5.41, 5.74) is 4.04. The molecule has 2 aromatic carbocycles. The Hall–Kier alpha value is -2.51. The number of rotatable bonds is 3. The first-order chi connectivity index (χ1) is 15.1. The lowest BCUT2D eigenvalue weighted by molar-refractivity contribution is -0.384. The van der Waals surface area contributed by atoms with Gasteiger partial charge in [-0.1, -0.05) is 52.8 Å². The average molecular weight is 500 g/mol. The molecule has 0 unspecified atom stereocenters. The standard InChI is InChI=1S/C18H20O3.C7H6BrNO2/c1-10-4-3-5-12-13-6-7-18(21)9-17(13,8-11(18)2)15(14(10)12)16(19)20;8-5-6-1-3-7(4-2-6)9(10)11/h3-5,13,15,21H,2,6-9H2,1H3,(H,19,20);1-4H,5H2/t13-,15+,17-,18-;/m0./s1. The fourth-order valence-electron chi connectivity index (χ4n) is 6.11. The third-order valence-electron chi connectivity index (χ3n) is 7.51. The predicted octanol–water partition coefficient (Wildman–Crippen LogP) is 5.61. The van der Waals surface area contributed by atoms with Crippen molar-refractivity contribution in [2.24, 2.45) is 5.41 Å². The quantitative estimate of drug-likeness (QED) is 0.247. The number of alkyl halides is 1. The van der Waals surface area contributed by atoms with Crippen molar-refractivity contribution in [2.75, 3.05) is 0 Å². The number of halogens is 1. The van der Waals surface area contributed by atoms with Crippen LogP contribution in [0.2, 0.25) is 0 Å². The van der Waals surface area contributed by atoms with Gasteiger partial charge in [0.05, 0.1) is 16.4 Å². The highest BCUT2D eigenvalue weighted by Gasteiger charge is 2.66. The van der Waals surface area contributed by atoms with E-state index >= 15 is 0 Å². The molecule has 5 rings (SSSR count). The number of aryl methyl sites for hydroxylation is 1. The van der Waals surface area contributed by atoms with Crippen molar-refractivity contribution in [1.82, 2.24) is 0 Å². The highest BCUT2D eigenvalue weighted by atomic mass is 79.9. The number of carbonyl (C=O) groups is 1. The molecule has 0 aliphatic heterocycles. The molecule has 2 N–H and O–H groups in total. The van der Waals surface area contributed by atoms with E-state index in [9.17, 15) is 25.1 Å². The number of nitro benzene ring substituents is 1. The van der Waals surface area contributed by atoms with Gasteiger partial charge in [0, 0.05) is 22.9 Å². The number of carboxylic acids is 1. The average Bonchev–Trinajstić information content (AvgIpc) is 3.15. The van der Waals surface area contributed by atoms with Crippen LogP contribution in [0.15, 0.2) is 54.6 Å². The molecule has 2 bridgehead atoms. The van der Waals surface area contributed by atoms with Gasteiger partial charge >= 0.3 is 5.97 Å². The molecule has 168 valence electrons. The van der Waals surface area contributed by atoms with E-state index in [1.54, 1.807) is 12.1 Å².